The lowest BCUT2D eigenvalue weighted by Crippen LogP contribution is -2.25. The summed E-state index contributed by atoms with van der Waals surface area (Å²) >= 11 is 0. The lowest BCUT2D eigenvalue weighted by molar-refractivity contribution is 0.0853. The van der Waals surface area contributed by atoms with Gasteiger partial charge < -0.3 is 19.8 Å². The molecule has 1 fully saturated rings. The van der Waals surface area contributed by atoms with Gasteiger partial charge in [0.05, 0.1) is 13.2 Å². The molecule has 5 nitrogen and oxygen atoms in total. The Morgan fingerprint density at radius 3 is 3.23 bits per heavy atom. The zero-order valence-electron chi connectivity index (χ0n) is 12.6. The number of hydrogen-bond acceptors (Lipinski definition) is 3. The van der Waals surface area contributed by atoms with Crippen LogP contribution in [0.3, 0.4) is 0 Å². The van der Waals surface area contributed by atoms with E-state index in [1.54, 1.807) is 0 Å². The molecule has 1 atom stereocenters. The molecule has 1 aromatic carbocycles. The van der Waals surface area contributed by atoms with E-state index in [2.05, 4.69) is 10.3 Å². The number of H-pyrrole nitrogens is 1. The highest BCUT2D eigenvalue weighted by molar-refractivity contribution is 5.98. The molecule has 1 aliphatic heterocycles. The Morgan fingerprint density at radius 1 is 1.41 bits per heavy atom. The number of ether oxygens (including phenoxy) is 2. The fourth-order valence-corrected chi connectivity index (χ4v) is 2.64. The minimum Gasteiger partial charge on any atom is -0.381 e. The maximum Gasteiger partial charge on any atom is 0.251 e. The Hall–Kier alpha value is -1.85. The molecule has 22 heavy (non-hydrogen) atoms. The first-order valence-corrected chi connectivity index (χ1v) is 7.84. The van der Waals surface area contributed by atoms with Gasteiger partial charge in [-0.3, -0.25) is 4.79 Å². The first kappa shape index (κ1) is 15.1. The van der Waals surface area contributed by atoms with Crippen molar-refractivity contribution in [2.75, 3.05) is 33.0 Å². The van der Waals surface area contributed by atoms with E-state index in [1.165, 1.54) is 0 Å². The summed E-state index contributed by atoms with van der Waals surface area (Å²) in [6.45, 7) is 3.74. The molecule has 5 heteroatoms. The SMILES string of the molecule is O=C(NCCCOC[C@H]1CCOC1)c1ccc2[nH]ccc2c1. The Kier molecular flexibility index (Phi) is 5.08. The number of carbonyl (C=O) groups is 1. The zero-order valence-corrected chi connectivity index (χ0v) is 12.6. The minimum atomic E-state index is -0.0349. The number of aromatic nitrogens is 1. The second kappa shape index (κ2) is 7.42. The molecule has 1 amide bonds. The monoisotopic (exact) mass is 302 g/mol. The third-order valence-electron chi connectivity index (χ3n) is 3.94. The molecule has 0 aliphatic carbocycles. The van der Waals surface area contributed by atoms with Gasteiger partial charge in [-0.25, -0.2) is 0 Å². The maximum atomic E-state index is 12.1. The topological polar surface area (TPSA) is 63.4 Å². The number of benzene rings is 1. The summed E-state index contributed by atoms with van der Waals surface area (Å²) in [6.07, 6.45) is 3.79. The van der Waals surface area contributed by atoms with Crippen molar-refractivity contribution >= 4 is 16.8 Å². The fraction of sp³-hybridized carbons (Fsp3) is 0.471. The van der Waals surface area contributed by atoms with Crippen LogP contribution < -0.4 is 5.32 Å². The molecule has 2 N–H and O–H groups in total. The summed E-state index contributed by atoms with van der Waals surface area (Å²) in [4.78, 5) is 15.2. The highest BCUT2D eigenvalue weighted by atomic mass is 16.5. The first-order valence-electron chi connectivity index (χ1n) is 7.84. The van der Waals surface area contributed by atoms with Gasteiger partial charge in [-0.2, -0.15) is 0 Å². The average molecular weight is 302 g/mol. The summed E-state index contributed by atoms with van der Waals surface area (Å²) in [5, 5.41) is 3.98. The minimum absolute atomic E-state index is 0.0349. The molecule has 3 rings (SSSR count). The van der Waals surface area contributed by atoms with Crippen LogP contribution in [0, 0.1) is 5.92 Å². The van der Waals surface area contributed by atoms with Crippen molar-refractivity contribution in [3.05, 3.63) is 36.0 Å². The van der Waals surface area contributed by atoms with Crippen molar-refractivity contribution in [2.24, 2.45) is 5.92 Å². The van der Waals surface area contributed by atoms with Crippen LogP contribution in [-0.4, -0.2) is 43.9 Å². The lowest BCUT2D eigenvalue weighted by Gasteiger charge is -2.09. The first-order chi connectivity index (χ1) is 10.8. The highest BCUT2D eigenvalue weighted by Crippen LogP contribution is 2.14. The Balaban J connectivity index is 1.35. The number of hydrogen-bond donors (Lipinski definition) is 2. The summed E-state index contributed by atoms with van der Waals surface area (Å²) in [5.74, 6) is 0.509. The van der Waals surface area contributed by atoms with Crippen molar-refractivity contribution in [2.45, 2.75) is 12.8 Å². The molecule has 0 radical (unpaired) electrons. The predicted molar refractivity (Wildman–Crippen MR) is 85.0 cm³/mol. The van der Waals surface area contributed by atoms with Gasteiger partial charge in [0.25, 0.3) is 5.91 Å². The number of carbonyl (C=O) groups excluding carboxylic acids is 1. The molecular weight excluding hydrogens is 280 g/mol. The smallest absolute Gasteiger partial charge is 0.251 e. The summed E-state index contributed by atoms with van der Waals surface area (Å²) < 4.78 is 10.9. The molecule has 0 unspecified atom stereocenters. The molecule has 1 aliphatic rings. The maximum absolute atomic E-state index is 12.1. The van der Waals surface area contributed by atoms with Gasteiger partial charge in [0.1, 0.15) is 0 Å². The van der Waals surface area contributed by atoms with Gasteiger partial charge in [0.2, 0.25) is 0 Å². The van der Waals surface area contributed by atoms with Gasteiger partial charge in [-0.1, -0.05) is 0 Å². The second-order valence-electron chi connectivity index (χ2n) is 5.69. The summed E-state index contributed by atoms with van der Waals surface area (Å²) in [7, 11) is 0. The van der Waals surface area contributed by atoms with Gasteiger partial charge >= 0.3 is 0 Å². The van der Waals surface area contributed by atoms with E-state index in [4.69, 9.17) is 9.47 Å². The second-order valence-corrected chi connectivity index (χ2v) is 5.69. The Labute approximate surface area is 130 Å². The van der Waals surface area contributed by atoms with Crippen LogP contribution in [0.1, 0.15) is 23.2 Å². The molecule has 0 bridgehead atoms. The molecule has 1 saturated heterocycles. The molecule has 2 aromatic rings. The average Bonchev–Trinajstić information content (AvgIpc) is 3.20. The third kappa shape index (κ3) is 3.87. The quantitative estimate of drug-likeness (QED) is 0.772. The van der Waals surface area contributed by atoms with Crippen LogP contribution in [0.4, 0.5) is 0 Å². The van der Waals surface area contributed by atoms with Gasteiger partial charge in [0, 0.05) is 48.3 Å². The predicted octanol–water partition coefficient (Wildman–Crippen LogP) is 2.34. The lowest BCUT2D eigenvalue weighted by atomic mass is 10.1. The third-order valence-corrected chi connectivity index (χ3v) is 3.94. The molecule has 1 aromatic heterocycles. The molecule has 2 heterocycles. The van der Waals surface area contributed by atoms with Crippen LogP contribution in [0.25, 0.3) is 10.9 Å². The van der Waals surface area contributed by atoms with Crippen LogP contribution in [0.15, 0.2) is 30.5 Å². The van der Waals surface area contributed by atoms with Crippen LogP contribution in [-0.2, 0) is 9.47 Å². The number of amides is 1. The normalized spacial score (nSPS) is 17.9. The molecule has 118 valence electrons. The van der Waals surface area contributed by atoms with E-state index in [0.717, 1.165) is 43.6 Å². The van der Waals surface area contributed by atoms with Gasteiger partial charge in [0.15, 0.2) is 0 Å². The summed E-state index contributed by atoms with van der Waals surface area (Å²) in [5.41, 5.74) is 1.73. The standard InChI is InChI=1S/C17H22N2O3/c20-17(15-2-3-16-14(10-15)4-7-18-16)19-6-1-8-21-11-13-5-9-22-12-13/h2-4,7,10,13,18H,1,5-6,8-9,11-12H2,(H,19,20)/t13-/m1/s1. The summed E-state index contributed by atoms with van der Waals surface area (Å²) in [6, 6.07) is 7.63. The van der Waals surface area contributed by atoms with Crippen molar-refractivity contribution in [1.29, 1.82) is 0 Å². The largest absolute Gasteiger partial charge is 0.381 e. The molecule has 0 spiro atoms. The zero-order chi connectivity index (χ0) is 15.2. The number of nitrogens with one attached hydrogen (secondary N) is 2. The van der Waals surface area contributed by atoms with Crippen molar-refractivity contribution in [3.8, 4) is 0 Å². The van der Waals surface area contributed by atoms with Gasteiger partial charge in [-0.05, 0) is 37.1 Å². The fourth-order valence-electron chi connectivity index (χ4n) is 2.64. The van der Waals surface area contributed by atoms with Crippen molar-refractivity contribution < 1.29 is 14.3 Å². The Bertz CT molecular complexity index is 617. The number of rotatable bonds is 7. The van der Waals surface area contributed by atoms with Crippen LogP contribution >= 0.6 is 0 Å². The van der Waals surface area contributed by atoms with E-state index in [0.29, 0.717) is 24.6 Å². The van der Waals surface area contributed by atoms with Crippen LogP contribution in [0.5, 0.6) is 0 Å². The van der Waals surface area contributed by atoms with Gasteiger partial charge in [-0.15, -0.1) is 0 Å². The van der Waals surface area contributed by atoms with E-state index in [1.807, 2.05) is 30.5 Å². The molecular formula is C17H22N2O3. The van der Waals surface area contributed by atoms with Crippen molar-refractivity contribution in [3.63, 3.8) is 0 Å². The van der Waals surface area contributed by atoms with Crippen LogP contribution in [0.2, 0.25) is 0 Å². The van der Waals surface area contributed by atoms with E-state index in [9.17, 15) is 4.79 Å². The Morgan fingerprint density at radius 2 is 2.36 bits per heavy atom. The van der Waals surface area contributed by atoms with E-state index >= 15 is 0 Å². The van der Waals surface area contributed by atoms with E-state index < -0.39 is 0 Å². The van der Waals surface area contributed by atoms with Crippen molar-refractivity contribution in [1.82, 2.24) is 10.3 Å². The van der Waals surface area contributed by atoms with E-state index in [-0.39, 0.29) is 5.91 Å². The highest BCUT2D eigenvalue weighted by Gasteiger charge is 2.15. The molecule has 0 saturated carbocycles. The number of fused-ring (bicyclic) bond motifs is 1. The number of aromatic amines is 1.